The zero-order valence-corrected chi connectivity index (χ0v) is 7.12. The van der Waals surface area contributed by atoms with Crippen LogP contribution < -0.4 is 0 Å². The van der Waals surface area contributed by atoms with Crippen LogP contribution in [0.25, 0.3) is 0 Å². The molecule has 12 heavy (non-hydrogen) atoms. The number of terminal acetylenes is 1. The molecule has 0 saturated heterocycles. The number of aliphatic hydroxyl groups is 1. The Kier molecular flexibility index (Phi) is 2.90. The lowest BCUT2D eigenvalue weighted by molar-refractivity contribution is 0.233. The number of aryl methyl sites for hydroxylation is 1. The Hall–Kier alpha value is -1.26. The predicted molar refractivity (Wildman–Crippen MR) is 49.7 cm³/mol. The standard InChI is InChI=1S/C11H12O/c1-3-11(12)8-10-6-4-5-9(2)7-10/h1,4-7,11-12H,8H2,2H3. The molecule has 0 fully saturated rings. The fourth-order valence-electron chi connectivity index (χ4n) is 1.12. The Balaban J connectivity index is 2.71. The van der Waals surface area contributed by atoms with Gasteiger partial charge in [0.15, 0.2) is 0 Å². The fraction of sp³-hybridized carbons (Fsp3) is 0.273. The van der Waals surface area contributed by atoms with Crippen molar-refractivity contribution in [3.8, 4) is 12.3 Å². The molecule has 0 spiro atoms. The normalized spacial score (nSPS) is 12.1. The van der Waals surface area contributed by atoms with Gasteiger partial charge in [0, 0.05) is 6.42 Å². The Morgan fingerprint density at radius 3 is 2.92 bits per heavy atom. The SMILES string of the molecule is C#CC(O)Cc1cccc(C)c1. The summed E-state index contributed by atoms with van der Waals surface area (Å²) in [5, 5.41) is 9.17. The highest BCUT2D eigenvalue weighted by Crippen LogP contribution is 2.06. The molecule has 0 aliphatic carbocycles. The first kappa shape index (κ1) is 8.83. The second-order valence-electron chi connectivity index (χ2n) is 2.88. The molecule has 0 bridgehead atoms. The van der Waals surface area contributed by atoms with Gasteiger partial charge in [0.1, 0.15) is 6.10 Å². The molecule has 0 saturated carbocycles. The first-order valence-electron chi connectivity index (χ1n) is 3.92. The number of hydrogen-bond acceptors (Lipinski definition) is 1. The summed E-state index contributed by atoms with van der Waals surface area (Å²) in [6.45, 7) is 2.02. The quantitative estimate of drug-likeness (QED) is 0.650. The second-order valence-corrected chi connectivity index (χ2v) is 2.88. The van der Waals surface area contributed by atoms with Crippen molar-refractivity contribution in [2.45, 2.75) is 19.4 Å². The van der Waals surface area contributed by atoms with E-state index in [-0.39, 0.29) is 0 Å². The first-order valence-corrected chi connectivity index (χ1v) is 3.92. The van der Waals surface area contributed by atoms with E-state index in [2.05, 4.69) is 5.92 Å². The Morgan fingerprint density at radius 1 is 1.58 bits per heavy atom. The van der Waals surface area contributed by atoms with Crippen LogP contribution in [0.5, 0.6) is 0 Å². The lowest BCUT2D eigenvalue weighted by Gasteiger charge is -2.03. The lowest BCUT2D eigenvalue weighted by Crippen LogP contribution is -2.06. The second kappa shape index (κ2) is 3.94. The highest BCUT2D eigenvalue weighted by Gasteiger charge is 2.00. The highest BCUT2D eigenvalue weighted by molar-refractivity contribution is 5.23. The van der Waals surface area contributed by atoms with Crippen molar-refractivity contribution in [3.05, 3.63) is 35.4 Å². The Labute approximate surface area is 73.0 Å². The van der Waals surface area contributed by atoms with Gasteiger partial charge in [-0.1, -0.05) is 35.7 Å². The molecule has 1 heteroatoms. The summed E-state index contributed by atoms with van der Waals surface area (Å²) < 4.78 is 0. The van der Waals surface area contributed by atoms with E-state index in [1.165, 1.54) is 5.56 Å². The summed E-state index contributed by atoms with van der Waals surface area (Å²) in [6.07, 6.45) is 4.94. The molecule has 1 unspecified atom stereocenters. The van der Waals surface area contributed by atoms with Crippen molar-refractivity contribution in [2.75, 3.05) is 0 Å². The maximum Gasteiger partial charge on any atom is 0.118 e. The smallest absolute Gasteiger partial charge is 0.118 e. The monoisotopic (exact) mass is 160 g/mol. The van der Waals surface area contributed by atoms with Crippen LogP contribution in [0.15, 0.2) is 24.3 Å². The minimum atomic E-state index is -0.660. The Morgan fingerprint density at radius 2 is 2.33 bits per heavy atom. The molecule has 1 aromatic rings. The largest absolute Gasteiger partial charge is 0.380 e. The van der Waals surface area contributed by atoms with Gasteiger partial charge in [-0.15, -0.1) is 6.42 Å². The van der Waals surface area contributed by atoms with Gasteiger partial charge in [0.25, 0.3) is 0 Å². The zero-order valence-electron chi connectivity index (χ0n) is 7.12. The molecule has 1 N–H and O–H groups in total. The summed E-state index contributed by atoms with van der Waals surface area (Å²) in [4.78, 5) is 0. The van der Waals surface area contributed by atoms with E-state index >= 15 is 0 Å². The van der Waals surface area contributed by atoms with Crippen molar-refractivity contribution in [3.63, 3.8) is 0 Å². The van der Waals surface area contributed by atoms with Gasteiger partial charge in [0.05, 0.1) is 0 Å². The van der Waals surface area contributed by atoms with Crippen molar-refractivity contribution in [1.82, 2.24) is 0 Å². The summed E-state index contributed by atoms with van der Waals surface area (Å²) in [5.74, 6) is 2.29. The first-order chi connectivity index (χ1) is 5.72. The van der Waals surface area contributed by atoms with E-state index in [1.54, 1.807) is 0 Å². The maximum atomic E-state index is 9.17. The predicted octanol–water partition coefficient (Wildman–Crippen LogP) is 1.53. The number of rotatable bonds is 2. The molecule has 1 atom stereocenters. The molecule has 0 aliphatic heterocycles. The summed E-state index contributed by atoms with van der Waals surface area (Å²) in [7, 11) is 0. The highest BCUT2D eigenvalue weighted by atomic mass is 16.3. The lowest BCUT2D eigenvalue weighted by atomic mass is 10.1. The minimum absolute atomic E-state index is 0.540. The van der Waals surface area contributed by atoms with E-state index in [0.717, 1.165) is 5.56 Å². The average Bonchev–Trinajstić information content (AvgIpc) is 2.04. The third-order valence-corrected chi connectivity index (χ3v) is 1.70. The van der Waals surface area contributed by atoms with Gasteiger partial charge in [0.2, 0.25) is 0 Å². The van der Waals surface area contributed by atoms with Crippen molar-refractivity contribution in [1.29, 1.82) is 0 Å². The summed E-state index contributed by atoms with van der Waals surface area (Å²) in [6, 6.07) is 7.98. The third kappa shape index (κ3) is 2.41. The average molecular weight is 160 g/mol. The van der Waals surface area contributed by atoms with Crippen LogP contribution in [0.1, 0.15) is 11.1 Å². The minimum Gasteiger partial charge on any atom is -0.380 e. The number of benzene rings is 1. The van der Waals surface area contributed by atoms with E-state index in [4.69, 9.17) is 11.5 Å². The molecular formula is C11H12O. The van der Waals surface area contributed by atoms with Gasteiger partial charge in [-0.3, -0.25) is 0 Å². The number of aliphatic hydroxyl groups excluding tert-OH is 1. The summed E-state index contributed by atoms with van der Waals surface area (Å²) in [5.41, 5.74) is 2.28. The van der Waals surface area contributed by atoms with Crippen molar-refractivity contribution < 1.29 is 5.11 Å². The van der Waals surface area contributed by atoms with Gasteiger partial charge >= 0.3 is 0 Å². The molecule has 1 rings (SSSR count). The zero-order chi connectivity index (χ0) is 8.97. The molecule has 0 aliphatic rings. The van der Waals surface area contributed by atoms with Gasteiger partial charge in [-0.05, 0) is 12.5 Å². The van der Waals surface area contributed by atoms with Crippen LogP contribution in [-0.2, 0) is 6.42 Å². The molecule has 1 aromatic carbocycles. The van der Waals surface area contributed by atoms with Crippen LogP contribution in [0.2, 0.25) is 0 Å². The molecular weight excluding hydrogens is 148 g/mol. The molecule has 0 heterocycles. The topological polar surface area (TPSA) is 20.2 Å². The van der Waals surface area contributed by atoms with Crippen molar-refractivity contribution in [2.24, 2.45) is 0 Å². The summed E-state index contributed by atoms with van der Waals surface area (Å²) >= 11 is 0. The van der Waals surface area contributed by atoms with Crippen LogP contribution in [-0.4, -0.2) is 11.2 Å². The third-order valence-electron chi connectivity index (χ3n) is 1.70. The molecule has 1 nitrogen and oxygen atoms in total. The maximum absolute atomic E-state index is 9.17. The van der Waals surface area contributed by atoms with E-state index in [1.807, 2.05) is 31.2 Å². The molecule has 0 aromatic heterocycles. The van der Waals surface area contributed by atoms with E-state index in [9.17, 15) is 0 Å². The van der Waals surface area contributed by atoms with Crippen LogP contribution in [0.3, 0.4) is 0 Å². The molecule has 0 amide bonds. The number of hydrogen-bond donors (Lipinski definition) is 1. The Bertz CT molecular complexity index is 296. The van der Waals surface area contributed by atoms with Gasteiger partial charge in [-0.2, -0.15) is 0 Å². The van der Waals surface area contributed by atoms with Gasteiger partial charge in [-0.25, -0.2) is 0 Å². The van der Waals surface area contributed by atoms with Crippen molar-refractivity contribution >= 4 is 0 Å². The fourth-order valence-corrected chi connectivity index (χ4v) is 1.12. The van der Waals surface area contributed by atoms with Crippen LogP contribution >= 0.6 is 0 Å². The van der Waals surface area contributed by atoms with E-state index in [0.29, 0.717) is 6.42 Å². The van der Waals surface area contributed by atoms with Crippen LogP contribution in [0.4, 0.5) is 0 Å². The molecule has 0 radical (unpaired) electrons. The van der Waals surface area contributed by atoms with Crippen LogP contribution in [0, 0.1) is 19.3 Å². The van der Waals surface area contributed by atoms with E-state index < -0.39 is 6.10 Å². The van der Waals surface area contributed by atoms with Gasteiger partial charge < -0.3 is 5.11 Å². The molecule has 62 valence electrons.